The molecule has 1 aliphatic heterocycles. The van der Waals surface area contributed by atoms with Crippen LogP contribution >= 0.6 is 36.2 Å². The van der Waals surface area contributed by atoms with Gasteiger partial charge in [-0.15, -0.1) is 24.0 Å². The van der Waals surface area contributed by atoms with Gasteiger partial charge in [0.2, 0.25) is 0 Å². The number of aryl methyl sites for hydroxylation is 3. The van der Waals surface area contributed by atoms with Crippen molar-refractivity contribution in [3.63, 3.8) is 0 Å². The summed E-state index contributed by atoms with van der Waals surface area (Å²) >= 11 is 12.5. The molecule has 0 spiro atoms. The minimum Gasteiger partial charge on any atom is -0.351 e. The predicted octanol–water partition coefficient (Wildman–Crippen LogP) is 6.49. The third-order valence-corrected chi connectivity index (χ3v) is 7.83. The third kappa shape index (κ3) is 4.43. The van der Waals surface area contributed by atoms with Crippen LogP contribution in [-0.2, 0) is 13.0 Å². The highest BCUT2D eigenvalue weighted by atomic mass is 32.1. The first kappa shape index (κ1) is 22.1. The van der Waals surface area contributed by atoms with Gasteiger partial charge in [-0.1, -0.05) is 50.0 Å². The average Bonchev–Trinajstić information content (AvgIpc) is 3.52. The van der Waals surface area contributed by atoms with Crippen LogP contribution in [0.3, 0.4) is 0 Å². The van der Waals surface area contributed by atoms with Crippen molar-refractivity contribution in [3.8, 4) is 0 Å². The second kappa shape index (κ2) is 9.55. The van der Waals surface area contributed by atoms with Gasteiger partial charge in [-0.25, -0.2) is 4.98 Å². The van der Waals surface area contributed by atoms with E-state index in [0.717, 1.165) is 51.8 Å². The van der Waals surface area contributed by atoms with Crippen molar-refractivity contribution < 1.29 is 0 Å². The molecule has 31 heavy (non-hydrogen) atoms. The molecule has 1 unspecified atom stereocenters. The number of thiol groups is 1. The summed E-state index contributed by atoms with van der Waals surface area (Å²) in [6.45, 7) is 10.6. The Morgan fingerprint density at radius 1 is 1.29 bits per heavy atom. The minimum absolute atomic E-state index is 0.0308. The van der Waals surface area contributed by atoms with Crippen molar-refractivity contribution in [3.05, 3.63) is 93.1 Å². The lowest BCUT2D eigenvalue weighted by molar-refractivity contribution is 0.360. The zero-order valence-corrected chi connectivity index (χ0v) is 20.4. The first-order valence-corrected chi connectivity index (χ1v) is 12.3. The monoisotopic (exact) mass is 465 g/mol. The van der Waals surface area contributed by atoms with Gasteiger partial charge >= 0.3 is 0 Å². The summed E-state index contributed by atoms with van der Waals surface area (Å²) < 4.78 is 2.11. The van der Waals surface area contributed by atoms with E-state index >= 15 is 0 Å². The maximum atomic E-state index is 5.91. The third-order valence-electron chi connectivity index (χ3n) is 5.86. The quantitative estimate of drug-likeness (QED) is 0.303. The van der Waals surface area contributed by atoms with E-state index < -0.39 is 0 Å². The van der Waals surface area contributed by atoms with E-state index in [-0.39, 0.29) is 6.04 Å². The molecule has 3 heterocycles. The maximum Gasteiger partial charge on any atom is 0.116 e. The van der Waals surface area contributed by atoms with E-state index in [0.29, 0.717) is 0 Å². The number of nitrogens with zero attached hydrogens (tertiary/aromatic N) is 3. The first-order chi connectivity index (χ1) is 15.0. The second-order valence-electron chi connectivity index (χ2n) is 7.82. The topological polar surface area (TPSA) is 21.1 Å². The number of imidazole rings is 1. The molecule has 0 aliphatic carbocycles. The lowest BCUT2D eigenvalue weighted by atomic mass is 9.90. The van der Waals surface area contributed by atoms with Crippen molar-refractivity contribution in [1.82, 2.24) is 14.5 Å². The van der Waals surface area contributed by atoms with Gasteiger partial charge in [-0.2, -0.15) is 0 Å². The number of hydrogen-bond donors (Lipinski definition) is 1. The Bertz CT molecular complexity index is 1110. The molecule has 6 heteroatoms. The molecule has 0 saturated heterocycles. The first-order valence-electron chi connectivity index (χ1n) is 10.5. The van der Waals surface area contributed by atoms with Crippen molar-refractivity contribution in [2.75, 3.05) is 6.54 Å². The Balaban J connectivity index is 1.70. The molecule has 2 aromatic heterocycles. The lowest BCUT2D eigenvalue weighted by Crippen LogP contribution is -2.31. The van der Waals surface area contributed by atoms with Crippen LogP contribution in [0.25, 0.3) is 5.57 Å². The normalized spacial score (nSPS) is 16.4. The molecule has 0 N–H and O–H groups in total. The molecule has 0 saturated carbocycles. The standard InChI is InChI=1S/C25H27N3S3/c1-4-19-8-9-20(17(2)15-19)23-22(18(3)21-7-5-14-31-21)24(29)25(30)28(23)12-6-11-27-13-10-26-16-27/h5,7-10,13-16,23,29H,3-4,6,11-12H2,1-2H3. The molecule has 0 amide bonds. The molecule has 1 aliphatic rings. The van der Waals surface area contributed by atoms with E-state index in [1.807, 2.05) is 18.7 Å². The fourth-order valence-electron chi connectivity index (χ4n) is 4.21. The molecule has 0 fully saturated rings. The Hall–Kier alpha value is -2.15. The smallest absolute Gasteiger partial charge is 0.116 e. The summed E-state index contributed by atoms with van der Waals surface area (Å²) in [5.74, 6) is 0. The summed E-state index contributed by atoms with van der Waals surface area (Å²) in [5.41, 5.74) is 6.06. The summed E-state index contributed by atoms with van der Waals surface area (Å²) in [6, 6.07) is 11.0. The van der Waals surface area contributed by atoms with Gasteiger partial charge in [0.05, 0.1) is 12.4 Å². The van der Waals surface area contributed by atoms with Gasteiger partial charge in [0.15, 0.2) is 0 Å². The van der Waals surface area contributed by atoms with E-state index in [1.165, 1.54) is 16.7 Å². The number of benzene rings is 1. The average molecular weight is 466 g/mol. The fraction of sp³-hybridized carbons (Fsp3) is 0.280. The number of rotatable bonds is 8. The van der Waals surface area contributed by atoms with Gasteiger partial charge in [0, 0.05) is 40.8 Å². The maximum absolute atomic E-state index is 5.91. The molecule has 0 radical (unpaired) electrons. The Morgan fingerprint density at radius 2 is 2.13 bits per heavy atom. The van der Waals surface area contributed by atoms with Gasteiger partial charge < -0.3 is 9.47 Å². The van der Waals surface area contributed by atoms with E-state index in [1.54, 1.807) is 11.3 Å². The molecule has 3 nitrogen and oxygen atoms in total. The van der Waals surface area contributed by atoms with Crippen LogP contribution in [-0.4, -0.2) is 26.0 Å². The van der Waals surface area contributed by atoms with Crippen molar-refractivity contribution in [1.29, 1.82) is 0 Å². The van der Waals surface area contributed by atoms with Gasteiger partial charge in [0.1, 0.15) is 4.99 Å². The molecular formula is C25H27N3S3. The summed E-state index contributed by atoms with van der Waals surface area (Å²) in [4.78, 5) is 9.33. The van der Waals surface area contributed by atoms with E-state index in [2.05, 4.69) is 70.6 Å². The van der Waals surface area contributed by atoms with Crippen LogP contribution in [0.15, 0.2) is 71.5 Å². The molecular weight excluding hydrogens is 438 g/mol. The van der Waals surface area contributed by atoms with Crippen LogP contribution in [0.2, 0.25) is 0 Å². The van der Waals surface area contributed by atoms with Gasteiger partial charge in [0.25, 0.3) is 0 Å². The van der Waals surface area contributed by atoms with Crippen LogP contribution < -0.4 is 0 Å². The number of thiophene rings is 1. The van der Waals surface area contributed by atoms with Crippen molar-refractivity contribution >= 4 is 46.7 Å². The predicted molar refractivity (Wildman–Crippen MR) is 139 cm³/mol. The zero-order chi connectivity index (χ0) is 22.0. The lowest BCUT2D eigenvalue weighted by Gasteiger charge is -2.31. The highest BCUT2D eigenvalue weighted by Crippen LogP contribution is 2.47. The van der Waals surface area contributed by atoms with Gasteiger partial charge in [-0.05, 0) is 53.5 Å². The molecule has 4 rings (SSSR count). The van der Waals surface area contributed by atoms with Gasteiger partial charge in [-0.3, -0.25) is 0 Å². The van der Waals surface area contributed by atoms with Crippen LogP contribution in [0.5, 0.6) is 0 Å². The molecule has 1 atom stereocenters. The van der Waals surface area contributed by atoms with Crippen molar-refractivity contribution in [2.45, 2.75) is 39.3 Å². The SMILES string of the molecule is C=C(C1=C(S)C(=S)N(CCCn2ccnc2)C1c1ccc(CC)cc1C)c1cccs1. The largest absolute Gasteiger partial charge is 0.351 e. The summed E-state index contributed by atoms with van der Waals surface area (Å²) in [7, 11) is 0. The highest BCUT2D eigenvalue weighted by molar-refractivity contribution is 7.90. The Labute approximate surface area is 199 Å². The van der Waals surface area contributed by atoms with E-state index in [4.69, 9.17) is 24.8 Å². The molecule has 0 bridgehead atoms. The molecule has 160 valence electrons. The van der Waals surface area contributed by atoms with Crippen LogP contribution in [0, 0.1) is 6.92 Å². The highest BCUT2D eigenvalue weighted by Gasteiger charge is 2.38. The second-order valence-corrected chi connectivity index (χ2v) is 9.60. The van der Waals surface area contributed by atoms with Crippen molar-refractivity contribution in [2.24, 2.45) is 0 Å². The number of hydrogen-bond acceptors (Lipinski definition) is 4. The Kier molecular flexibility index (Phi) is 6.80. The van der Waals surface area contributed by atoms with Crippen LogP contribution in [0.4, 0.5) is 0 Å². The summed E-state index contributed by atoms with van der Waals surface area (Å²) in [5, 5.41) is 2.09. The number of thiocarbonyl (C=S) groups is 1. The fourth-order valence-corrected chi connectivity index (χ4v) is 5.61. The number of aromatic nitrogens is 2. The zero-order valence-electron chi connectivity index (χ0n) is 17.9. The minimum atomic E-state index is 0.0308. The molecule has 1 aromatic carbocycles. The van der Waals surface area contributed by atoms with Crippen LogP contribution in [0.1, 0.15) is 41.0 Å². The Morgan fingerprint density at radius 3 is 2.77 bits per heavy atom. The molecule has 3 aromatic rings. The summed E-state index contributed by atoms with van der Waals surface area (Å²) in [6.07, 6.45) is 7.68. The van der Waals surface area contributed by atoms with E-state index in [9.17, 15) is 0 Å².